The van der Waals surface area contributed by atoms with Crippen molar-refractivity contribution in [3.63, 3.8) is 0 Å². The van der Waals surface area contributed by atoms with Gasteiger partial charge in [0.1, 0.15) is 11.4 Å². The predicted octanol–water partition coefficient (Wildman–Crippen LogP) is 3.60. The molecule has 3 heterocycles. The summed E-state index contributed by atoms with van der Waals surface area (Å²) in [4.78, 5) is 18.1. The Hall–Kier alpha value is -2.65. The first-order chi connectivity index (χ1) is 15.8. The fourth-order valence-corrected chi connectivity index (χ4v) is 7.12. The summed E-state index contributed by atoms with van der Waals surface area (Å²) in [5, 5.41) is 4.57. The number of hydrogen-bond acceptors (Lipinski definition) is 7. The van der Waals surface area contributed by atoms with Crippen LogP contribution in [-0.4, -0.2) is 50.6 Å². The third-order valence-electron chi connectivity index (χ3n) is 6.84. The molecule has 2 aromatic heterocycles. The Morgan fingerprint density at radius 3 is 2.52 bits per heavy atom. The van der Waals surface area contributed by atoms with E-state index in [4.69, 9.17) is 9.26 Å². The number of anilines is 1. The average molecular weight is 472 g/mol. The highest BCUT2D eigenvalue weighted by molar-refractivity contribution is 7.91. The molecule has 0 radical (unpaired) electrons. The first kappa shape index (κ1) is 22.2. The summed E-state index contributed by atoms with van der Waals surface area (Å²) < 4.78 is 38.1. The van der Waals surface area contributed by atoms with E-state index in [1.165, 1.54) is 0 Å². The second-order valence-electron chi connectivity index (χ2n) is 9.15. The maximum absolute atomic E-state index is 13.7. The van der Waals surface area contributed by atoms with Crippen LogP contribution in [-0.2, 0) is 14.6 Å². The number of fused-ring (bicyclic) bond motifs is 1. The van der Waals surface area contributed by atoms with Crippen LogP contribution in [0.1, 0.15) is 37.1 Å². The second-order valence-corrected chi connectivity index (χ2v) is 11.2. The van der Waals surface area contributed by atoms with E-state index in [0.717, 1.165) is 31.2 Å². The van der Waals surface area contributed by atoms with Crippen LogP contribution in [0.4, 0.5) is 5.69 Å². The highest BCUT2D eigenvalue weighted by Gasteiger charge is 2.28. The molecular weight excluding hydrogens is 442 g/mol. The molecule has 2 aliphatic rings. The Kier molecular flexibility index (Phi) is 5.78. The first-order valence-corrected chi connectivity index (χ1v) is 13.2. The number of aromatic nitrogens is 2. The number of morpholine rings is 1. The van der Waals surface area contributed by atoms with Gasteiger partial charge in [0.05, 0.1) is 35.1 Å². The normalized spacial score (nSPS) is 17.8. The molecular formula is C24H29N3O5S. The van der Waals surface area contributed by atoms with Gasteiger partial charge in [0.25, 0.3) is 5.56 Å². The largest absolute Gasteiger partial charge is 0.378 e. The molecule has 0 amide bonds. The number of benzene rings is 1. The minimum atomic E-state index is -3.59. The number of nitrogens with one attached hydrogen (secondary N) is 1. The van der Waals surface area contributed by atoms with Gasteiger partial charge in [-0.25, -0.2) is 8.42 Å². The second kappa shape index (κ2) is 8.61. The minimum absolute atomic E-state index is 0.124. The number of sulfone groups is 1. The molecule has 1 N–H and O–H groups in total. The van der Waals surface area contributed by atoms with Gasteiger partial charge in [0, 0.05) is 24.0 Å². The molecule has 1 saturated carbocycles. The van der Waals surface area contributed by atoms with E-state index in [0.29, 0.717) is 59.9 Å². The molecule has 1 aromatic carbocycles. The van der Waals surface area contributed by atoms with Gasteiger partial charge in [0.15, 0.2) is 9.84 Å². The van der Waals surface area contributed by atoms with E-state index in [1.807, 2.05) is 17.9 Å². The number of ether oxygens (including phenoxy) is 1. The summed E-state index contributed by atoms with van der Waals surface area (Å²) in [7, 11) is -3.59. The van der Waals surface area contributed by atoms with Crippen LogP contribution >= 0.6 is 0 Å². The van der Waals surface area contributed by atoms with E-state index < -0.39 is 9.84 Å². The number of aromatic amines is 1. The van der Waals surface area contributed by atoms with Crippen molar-refractivity contribution in [1.82, 2.24) is 10.1 Å². The van der Waals surface area contributed by atoms with Crippen LogP contribution in [0.5, 0.6) is 0 Å². The van der Waals surface area contributed by atoms with Crippen LogP contribution in [0.3, 0.4) is 0 Å². The average Bonchev–Trinajstić information content (AvgIpc) is 3.41. The third kappa shape index (κ3) is 4.19. The maximum Gasteiger partial charge on any atom is 0.271 e. The first-order valence-electron chi connectivity index (χ1n) is 11.5. The monoisotopic (exact) mass is 471 g/mol. The summed E-state index contributed by atoms with van der Waals surface area (Å²) in [5.74, 6) is 0.909. The van der Waals surface area contributed by atoms with Gasteiger partial charge < -0.3 is 19.1 Å². The summed E-state index contributed by atoms with van der Waals surface area (Å²) in [5.41, 5.74) is 2.86. The number of rotatable bonds is 5. The number of hydrogen-bond donors (Lipinski definition) is 1. The number of H-pyrrole nitrogens is 1. The van der Waals surface area contributed by atoms with E-state index in [1.54, 1.807) is 19.1 Å². The van der Waals surface area contributed by atoms with Crippen molar-refractivity contribution in [2.75, 3.05) is 37.0 Å². The molecule has 33 heavy (non-hydrogen) atoms. The third-order valence-corrected chi connectivity index (χ3v) is 8.76. The Labute approximate surface area is 192 Å². The van der Waals surface area contributed by atoms with Crippen molar-refractivity contribution in [1.29, 1.82) is 0 Å². The fraction of sp³-hybridized carbons (Fsp3) is 0.500. The summed E-state index contributed by atoms with van der Waals surface area (Å²) >= 11 is 0. The van der Waals surface area contributed by atoms with Crippen LogP contribution in [0, 0.1) is 19.8 Å². The molecule has 8 nitrogen and oxygen atoms in total. The van der Waals surface area contributed by atoms with E-state index >= 15 is 0 Å². The highest BCUT2D eigenvalue weighted by Crippen LogP contribution is 2.36. The Bertz CT molecular complexity index is 1330. The molecule has 1 aliphatic heterocycles. The van der Waals surface area contributed by atoms with Crippen molar-refractivity contribution in [2.45, 2.75) is 44.4 Å². The van der Waals surface area contributed by atoms with Gasteiger partial charge in [-0.2, -0.15) is 0 Å². The molecule has 0 atom stereocenters. The number of nitrogens with zero attached hydrogens (tertiary/aromatic N) is 2. The van der Waals surface area contributed by atoms with Crippen molar-refractivity contribution >= 4 is 26.4 Å². The lowest BCUT2D eigenvalue weighted by molar-refractivity contribution is 0.122. The predicted molar refractivity (Wildman–Crippen MR) is 127 cm³/mol. The molecule has 1 aliphatic carbocycles. The van der Waals surface area contributed by atoms with Gasteiger partial charge in [0.2, 0.25) is 0 Å². The highest BCUT2D eigenvalue weighted by atomic mass is 32.2. The van der Waals surface area contributed by atoms with E-state index in [9.17, 15) is 13.2 Å². The standard InChI is InChI=1S/C24H29N3O5S/c1-15-23(16(2)32-26-15)18-11-20-19(13-21(24(28)25-20)27-7-9-31-10-8-27)22(12-18)33(29,30)14-17-5-3-4-6-17/h11-13,17H,3-10,14H2,1-2H3,(H,25,28). The lowest BCUT2D eigenvalue weighted by Crippen LogP contribution is -2.39. The van der Waals surface area contributed by atoms with Crippen molar-refractivity contribution in [3.8, 4) is 11.1 Å². The molecule has 0 spiro atoms. The smallest absolute Gasteiger partial charge is 0.271 e. The van der Waals surface area contributed by atoms with Gasteiger partial charge in [-0.3, -0.25) is 4.79 Å². The van der Waals surface area contributed by atoms with Gasteiger partial charge in [-0.15, -0.1) is 0 Å². The van der Waals surface area contributed by atoms with Crippen molar-refractivity contribution < 1.29 is 17.7 Å². The van der Waals surface area contributed by atoms with Crippen LogP contribution in [0.25, 0.3) is 22.0 Å². The minimum Gasteiger partial charge on any atom is -0.378 e. The molecule has 0 unspecified atom stereocenters. The van der Waals surface area contributed by atoms with Crippen LogP contribution in [0.2, 0.25) is 0 Å². The van der Waals surface area contributed by atoms with Gasteiger partial charge in [-0.1, -0.05) is 18.0 Å². The zero-order chi connectivity index (χ0) is 23.2. The van der Waals surface area contributed by atoms with Gasteiger partial charge in [-0.05, 0) is 56.4 Å². The lowest BCUT2D eigenvalue weighted by Gasteiger charge is -2.28. The molecule has 176 valence electrons. The lowest BCUT2D eigenvalue weighted by atomic mass is 10.0. The Balaban J connectivity index is 1.72. The quantitative estimate of drug-likeness (QED) is 0.606. The maximum atomic E-state index is 13.7. The summed E-state index contributed by atoms with van der Waals surface area (Å²) in [6, 6.07) is 5.28. The van der Waals surface area contributed by atoms with Crippen molar-refractivity contribution in [2.24, 2.45) is 5.92 Å². The molecule has 1 saturated heterocycles. The van der Waals surface area contributed by atoms with E-state index in [-0.39, 0.29) is 22.1 Å². The zero-order valence-corrected chi connectivity index (χ0v) is 19.8. The molecule has 3 aromatic rings. The van der Waals surface area contributed by atoms with Crippen LogP contribution in [0.15, 0.2) is 32.4 Å². The number of aryl methyl sites for hydroxylation is 2. The van der Waals surface area contributed by atoms with Crippen molar-refractivity contribution in [3.05, 3.63) is 40.0 Å². The Morgan fingerprint density at radius 2 is 1.85 bits per heavy atom. The Morgan fingerprint density at radius 1 is 1.12 bits per heavy atom. The zero-order valence-electron chi connectivity index (χ0n) is 19.0. The van der Waals surface area contributed by atoms with Gasteiger partial charge >= 0.3 is 0 Å². The molecule has 9 heteroatoms. The topological polar surface area (TPSA) is 106 Å². The number of pyridine rings is 1. The fourth-order valence-electron chi connectivity index (χ4n) is 5.18. The molecule has 2 fully saturated rings. The molecule has 0 bridgehead atoms. The van der Waals surface area contributed by atoms with E-state index in [2.05, 4.69) is 10.1 Å². The van der Waals surface area contributed by atoms with Crippen LogP contribution < -0.4 is 10.5 Å². The summed E-state index contributed by atoms with van der Waals surface area (Å²) in [6.45, 7) is 5.89. The summed E-state index contributed by atoms with van der Waals surface area (Å²) in [6.07, 6.45) is 4.04. The molecule has 5 rings (SSSR count). The SMILES string of the molecule is Cc1noc(C)c1-c1cc(S(=O)(=O)CC2CCCC2)c2cc(N3CCOCC3)c(=O)[nH]c2c1.